The summed E-state index contributed by atoms with van der Waals surface area (Å²) in [5.41, 5.74) is 3.58. The van der Waals surface area contributed by atoms with Crippen molar-refractivity contribution in [3.63, 3.8) is 0 Å². The number of nitrogens with one attached hydrogen (secondary N) is 1. The lowest BCUT2D eigenvalue weighted by Gasteiger charge is -2.12. The highest BCUT2D eigenvalue weighted by atomic mass is 35.5. The number of nitrogens with zero attached hydrogens (tertiary/aromatic N) is 3. The third-order valence-electron chi connectivity index (χ3n) is 4.89. The topological polar surface area (TPSA) is 68.5 Å². The molecule has 152 valence electrons. The molecule has 0 spiro atoms. The van der Waals surface area contributed by atoms with Crippen LogP contribution in [0.4, 0.5) is 11.5 Å². The lowest BCUT2D eigenvalue weighted by molar-refractivity contribution is 0.112. The molecule has 0 saturated carbocycles. The Hall–Kier alpha value is -3.95. The maximum Gasteiger partial charge on any atom is 0.188 e. The fraction of sp³-hybridized carbons (Fsp3) is 0.0833. The van der Waals surface area contributed by atoms with Crippen molar-refractivity contribution in [2.24, 2.45) is 0 Å². The van der Waals surface area contributed by atoms with E-state index >= 15 is 0 Å². The molecule has 0 atom stereocenters. The molecule has 0 aliphatic heterocycles. The number of hydrogen-bond acceptors (Lipinski definition) is 5. The summed E-state index contributed by atoms with van der Waals surface area (Å²) in [6.07, 6.45) is 0.800. The zero-order valence-electron chi connectivity index (χ0n) is 16.6. The minimum absolute atomic E-state index is 0.475. The summed E-state index contributed by atoms with van der Waals surface area (Å²) in [4.78, 5) is 14.5. The summed E-state index contributed by atoms with van der Waals surface area (Å²) in [6.45, 7) is 7.83. The summed E-state index contributed by atoms with van der Waals surface area (Å²) in [7, 11) is 1.57. The van der Waals surface area contributed by atoms with Gasteiger partial charge in [-0.2, -0.15) is 0 Å². The zero-order chi connectivity index (χ0) is 21.8. The second-order valence-corrected chi connectivity index (χ2v) is 7.21. The maximum absolute atomic E-state index is 10.9. The third-order valence-corrected chi connectivity index (χ3v) is 5.18. The number of ether oxygens (including phenoxy) is 1. The van der Waals surface area contributed by atoms with Gasteiger partial charge in [0.05, 0.1) is 18.7 Å². The van der Waals surface area contributed by atoms with E-state index in [1.165, 1.54) is 0 Å². The van der Waals surface area contributed by atoms with E-state index in [2.05, 4.69) is 20.4 Å². The number of aromatic nitrogens is 2. The van der Waals surface area contributed by atoms with Crippen LogP contribution < -0.4 is 10.1 Å². The maximum atomic E-state index is 10.9. The van der Waals surface area contributed by atoms with Gasteiger partial charge in [0, 0.05) is 28.4 Å². The smallest absolute Gasteiger partial charge is 0.188 e. The van der Waals surface area contributed by atoms with Gasteiger partial charge in [-0.05, 0) is 23.8 Å². The molecular formula is C24H17ClN4O2. The van der Waals surface area contributed by atoms with Crippen LogP contribution in [0.5, 0.6) is 5.75 Å². The van der Waals surface area contributed by atoms with Crippen molar-refractivity contribution in [2.45, 2.75) is 6.54 Å². The van der Waals surface area contributed by atoms with Crippen LogP contribution in [0.1, 0.15) is 15.9 Å². The number of halogens is 1. The Morgan fingerprint density at radius 2 is 1.87 bits per heavy atom. The second-order valence-electron chi connectivity index (χ2n) is 6.80. The summed E-state index contributed by atoms with van der Waals surface area (Å²) >= 11 is 6.22. The number of benzene rings is 3. The molecule has 3 aromatic carbocycles. The van der Waals surface area contributed by atoms with Crippen LogP contribution >= 0.6 is 11.6 Å². The Labute approximate surface area is 184 Å². The molecule has 1 N–H and O–H groups in total. The van der Waals surface area contributed by atoms with E-state index in [4.69, 9.17) is 22.9 Å². The fourth-order valence-corrected chi connectivity index (χ4v) is 3.56. The Morgan fingerprint density at radius 3 is 2.55 bits per heavy atom. The molecule has 7 heteroatoms. The number of carbonyl (C=O) groups is 1. The highest BCUT2D eigenvalue weighted by Gasteiger charge is 2.12. The molecule has 0 fully saturated rings. The first-order valence-electron chi connectivity index (χ1n) is 9.42. The quantitative estimate of drug-likeness (QED) is 0.304. The molecule has 0 unspecified atom stereocenters. The molecule has 1 aromatic heterocycles. The first kappa shape index (κ1) is 20.3. The van der Waals surface area contributed by atoms with Gasteiger partial charge in [0.1, 0.15) is 17.7 Å². The average molecular weight is 429 g/mol. The van der Waals surface area contributed by atoms with Gasteiger partial charge in [-0.3, -0.25) is 4.79 Å². The summed E-state index contributed by atoms with van der Waals surface area (Å²) in [5, 5.41) is 14.3. The number of hydrogen-bond donors (Lipinski definition) is 1. The molecule has 4 rings (SSSR count). The van der Waals surface area contributed by atoms with Gasteiger partial charge in [0.15, 0.2) is 11.5 Å². The lowest BCUT2D eigenvalue weighted by atomic mass is 10.0. The van der Waals surface area contributed by atoms with Gasteiger partial charge in [0.25, 0.3) is 0 Å². The van der Waals surface area contributed by atoms with Crippen molar-refractivity contribution in [3.8, 4) is 17.0 Å². The summed E-state index contributed by atoms with van der Waals surface area (Å²) in [5.74, 6) is 1.18. The molecule has 0 aliphatic carbocycles. The monoisotopic (exact) mass is 428 g/mol. The normalized spacial score (nSPS) is 10.5. The number of aldehydes is 1. The van der Waals surface area contributed by atoms with Crippen LogP contribution in [0, 0.1) is 6.57 Å². The lowest BCUT2D eigenvalue weighted by Crippen LogP contribution is -2.04. The van der Waals surface area contributed by atoms with E-state index in [1.807, 2.05) is 36.4 Å². The SMILES string of the molecule is [C-]#[N+]c1ccc2c(-c3ccc(C=O)cc3)nnc(NCc3ccc(OC)c(Cl)c3)c2c1. The van der Waals surface area contributed by atoms with Crippen LogP contribution in [0.15, 0.2) is 60.7 Å². The molecule has 0 radical (unpaired) electrons. The van der Waals surface area contributed by atoms with Crippen LogP contribution in [0.2, 0.25) is 5.02 Å². The Kier molecular flexibility index (Phi) is 5.78. The standard InChI is InChI=1S/C24H17ClN4O2/c1-26-18-8-9-19-20(12-18)24(27-13-16-5-10-22(31-2)21(25)11-16)29-28-23(19)17-6-3-15(14-30)4-7-17/h3-12,14H,13H2,2H3,(H,27,29). The van der Waals surface area contributed by atoms with Gasteiger partial charge in [-0.1, -0.05) is 54.1 Å². The van der Waals surface area contributed by atoms with Crippen LogP contribution in [-0.4, -0.2) is 23.6 Å². The van der Waals surface area contributed by atoms with Crippen molar-refractivity contribution >= 4 is 40.2 Å². The predicted molar refractivity (Wildman–Crippen MR) is 122 cm³/mol. The van der Waals surface area contributed by atoms with Gasteiger partial charge in [-0.25, -0.2) is 4.85 Å². The summed E-state index contributed by atoms with van der Waals surface area (Å²) < 4.78 is 5.19. The van der Waals surface area contributed by atoms with Crippen molar-refractivity contribution < 1.29 is 9.53 Å². The van der Waals surface area contributed by atoms with Crippen molar-refractivity contribution in [3.05, 3.63) is 88.2 Å². The van der Waals surface area contributed by atoms with E-state index in [-0.39, 0.29) is 0 Å². The molecule has 0 saturated heterocycles. The largest absolute Gasteiger partial charge is 0.495 e. The minimum Gasteiger partial charge on any atom is -0.495 e. The van der Waals surface area contributed by atoms with Gasteiger partial charge >= 0.3 is 0 Å². The Morgan fingerprint density at radius 1 is 1.06 bits per heavy atom. The molecular weight excluding hydrogens is 412 g/mol. The second kappa shape index (κ2) is 8.82. The van der Waals surface area contributed by atoms with Crippen molar-refractivity contribution in [1.29, 1.82) is 0 Å². The Balaban J connectivity index is 1.72. The molecule has 6 nitrogen and oxygen atoms in total. The number of carbonyl (C=O) groups excluding carboxylic acids is 1. The molecule has 4 aromatic rings. The van der Waals surface area contributed by atoms with Gasteiger partial charge in [-0.15, -0.1) is 10.2 Å². The highest BCUT2D eigenvalue weighted by Crippen LogP contribution is 2.33. The minimum atomic E-state index is 0.475. The predicted octanol–water partition coefficient (Wildman–Crippen LogP) is 5.93. The zero-order valence-corrected chi connectivity index (χ0v) is 17.3. The number of fused-ring (bicyclic) bond motifs is 1. The summed E-state index contributed by atoms with van der Waals surface area (Å²) in [6, 6.07) is 18.1. The third kappa shape index (κ3) is 4.18. The van der Waals surface area contributed by atoms with Gasteiger partial charge in [0.2, 0.25) is 0 Å². The van der Waals surface area contributed by atoms with E-state index < -0.39 is 0 Å². The van der Waals surface area contributed by atoms with E-state index in [0.29, 0.717) is 40.1 Å². The van der Waals surface area contributed by atoms with Crippen LogP contribution in [0.3, 0.4) is 0 Å². The number of anilines is 1. The molecule has 31 heavy (non-hydrogen) atoms. The molecule has 0 amide bonds. The van der Waals surface area contributed by atoms with E-state index in [1.54, 1.807) is 31.4 Å². The molecule has 1 heterocycles. The van der Waals surface area contributed by atoms with Gasteiger partial charge < -0.3 is 10.1 Å². The van der Waals surface area contributed by atoms with Crippen molar-refractivity contribution in [1.82, 2.24) is 10.2 Å². The first-order chi connectivity index (χ1) is 15.1. The van der Waals surface area contributed by atoms with Crippen molar-refractivity contribution in [2.75, 3.05) is 12.4 Å². The highest BCUT2D eigenvalue weighted by molar-refractivity contribution is 6.32. The van der Waals surface area contributed by atoms with Crippen LogP contribution in [-0.2, 0) is 6.54 Å². The fourth-order valence-electron chi connectivity index (χ4n) is 3.28. The number of rotatable bonds is 6. The van der Waals surface area contributed by atoms with E-state index in [0.717, 1.165) is 28.2 Å². The first-order valence-corrected chi connectivity index (χ1v) is 9.80. The van der Waals surface area contributed by atoms with Crippen LogP contribution in [0.25, 0.3) is 26.9 Å². The molecule has 0 aliphatic rings. The Bertz CT molecular complexity index is 1310. The average Bonchev–Trinajstić information content (AvgIpc) is 2.82. The number of methoxy groups -OCH3 is 1. The van der Waals surface area contributed by atoms with E-state index in [9.17, 15) is 4.79 Å². The molecule has 0 bridgehead atoms.